The van der Waals surface area contributed by atoms with Gasteiger partial charge in [-0.1, -0.05) is 11.3 Å². The second kappa shape index (κ2) is 4.39. The van der Waals surface area contributed by atoms with Crippen molar-refractivity contribution >= 4 is 17.2 Å². The number of nitrogens with zero attached hydrogens (tertiary/aromatic N) is 1. The predicted octanol–water partition coefficient (Wildman–Crippen LogP) is -0.0934. The van der Waals surface area contributed by atoms with E-state index in [9.17, 15) is 9.59 Å². The number of hydrogen-bond acceptors (Lipinski definition) is 4. The Kier molecular flexibility index (Phi) is 3.43. The van der Waals surface area contributed by atoms with Gasteiger partial charge in [0.05, 0.1) is 0 Å². The van der Waals surface area contributed by atoms with E-state index in [-0.39, 0.29) is 17.2 Å². The summed E-state index contributed by atoms with van der Waals surface area (Å²) in [4.78, 5) is 23.2. The lowest BCUT2D eigenvalue weighted by Crippen LogP contribution is -2.31. The lowest BCUT2D eigenvalue weighted by molar-refractivity contribution is -0.121. The minimum atomic E-state index is -0.264. The Bertz CT molecular complexity index is 394. The Hall–Kier alpha value is -1.14. The summed E-state index contributed by atoms with van der Waals surface area (Å²) in [5.41, 5.74) is 2.95. The van der Waals surface area contributed by atoms with Crippen molar-refractivity contribution in [2.45, 2.75) is 26.8 Å². The third-order valence-corrected chi connectivity index (χ3v) is 3.10. The van der Waals surface area contributed by atoms with Crippen molar-refractivity contribution in [3.05, 3.63) is 20.2 Å². The third-order valence-electron chi connectivity index (χ3n) is 2.10. The maximum atomic E-state index is 11.4. The van der Waals surface area contributed by atoms with Gasteiger partial charge in [-0.2, -0.15) is 0 Å². The monoisotopic (exact) mass is 215 g/mol. The highest BCUT2D eigenvalue weighted by molar-refractivity contribution is 7.09. The summed E-state index contributed by atoms with van der Waals surface area (Å²) in [6.07, 6.45) is 0.230. The molecule has 6 heteroatoms. The van der Waals surface area contributed by atoms with E-state index >= 15 is 0 Å². The van der Waals surface area contributed by atoms with Crippen LogP contribution in [0.1, 0.15) is 17.0 Å². The van der Waals surface area contributed by atoms with Crippen LogP contribution in [-0.4, -0.2) is 10.5 Å². The zero-order valence-corrected chi connectivity index (χ0v) is 8.98. The summed E-state index contributed by atoms with van der Waals surface area (Å²) < 4.78 is 1.59. The third kappa shape index (κ3) is 2.21. The van der Waals surface area contributed by atoms with E-state index < -0.39 is 0 Å². The maximum absolute atomic E-state index is 11.4. The van der Waals surface area contributed by atoms with Gasteiger partial charge in [0.25, 0.3) is 0 Å². The van der Waals surface area contributed by atoms with Gasteiger partial charge in [0.1, 0.15) is 0 Å². The van der Waals surface area contributed by atoms with Crippen LogP contribution in [0.15, 0.2) is 4.79 Å². The zero-order chi connectivity index (χ0) is 10.7. The average Bonchev–Trinajstić information content (AvgIpc) is 2.39. The largest absolute Gasteiger partial charge is 0.307 e. The number of carbonyl (C=O) groups is 1. The van der Waals surface area contributed by atoms with Crippen molar-refractivity contribution in [2.24, 2.45) is 5.84 Å². The smallest absolute Gasteiger partial charge is 0.303 e. The van der Waals surface area contributed by atoms with Crippen LogP contribution in [-0.2, 0) is 11.3 Å². The van der Waals surface area contributed by atoms with E-state index in [0.29, 0.717) is 6.54 Å². The second-order valence-electron chi connectivity index (χ2n) is 2.98. The van der Waals surface area contributed by atoms with Crippen molar-refractivity contribution in [3.8, 4) is 0 Å². The molecule has 0 fully saturated rings. The molecule has 5 nitrogen and oxygen atoms in total. The van der Waals surface area contributed by atoms with Gasteiger partial charge < -0.3 is 4.57 Å². The first kappa shape index (κ1) is 10.9. The summed E-state index contributed by atoms with van der Waals surface area (Å²) in [5, 5.41) is 0. The van der Waals surface area contributed by atoms with Crippen molar-refractivity contribution in [3.63, 3.8) is 0 Å². The molecule has 1 rings (SSSR count). The summed E-state index contributed by atoms with van der Waals surface area (Å²) in [7, 11) is 0. The van der Waals surface area contributed by atoms with Gasteiger partial charge in [0.2, 0.25) is 5.91 Å². The first-order valence-corrected chi connectivity index (χ1v) is 5.04. The first-order valence-electron chi connectivity index (χ1n) is 4.22. The number of rotatable bonds is 3. The molecule has 1 aromatic heterocycles. The first-order chi connectivity index (χ1) is 6.56. The number of aromatic nitrogens is 1. The van der Waals surface area contributed by atoms with Gasteiger partial charge in [-0.15, -0.1) is 0 Å². The maximum Gasteiger partial charge on any atom is 0.307 e. The highest BCUT2D eigenvalue weighted by atomic mass is 32.1. The normalized spacial score (nSPS) is 10.2. The van der Waals surface area contributed by atoms with E-state index in [0.717, 1.165) is 10.6 Å². The fourth-order valence-electron chi connectivity index (χ4n) is 1.13. The molecule has 0 atom stereocenters. The van der Waals surface area contributed by atoms with Crippen LogP contribution >= 0.6 is 11.3 Å². The Balaban J connectivity index is 2.77. The molecule has 14 heavy (non-hydrogen) atoms. The summed E-state index contributed by atoms with van der Waals surface area (Å²) in [6.45, 7) is 4.15. The topological polar surface area (TPSA) is 77.1 Å². The molecule has 0 aromatic carbocycles. The molecule has 78 valence electrons. The standard InChI is InChI=1S/C8H13N3O2S/c1-5-6(2)14-8(13)11(5)4-3-7(12)10-9/h3-4,9H2,1-2H3,(H,10,12). The fourth-order valence-corrected chi connectivity index (χ4v) is 1.99. The minimum Gasteiger partial charge on any atom is -0.303 e. The molecule has 0 aliphatic heterocycles. The molecule has 0 bridgehead atoms. The molecule has 0 spiro atoms. The van der Waals surface area contributed by atoms with Gasteiger partial charge in [0.15, 0.2) is 0 Å². The number of aryl methyl sites for hydroxylation is 1. The molecule has 0 saturated heterocycles. The molecule has 1 amide bonds. The Morgan fingerprint density at radius 2 is 2.21 bits per heavy atom. The number of nitrogens with two attached hydrogens (primary N) is 1. The molecule has 1 aromatic rings. The Labute approximate surface area is 85.5 Å². The second-order valence-corrected chi connectivity index (χ2v) is 4.14. The van der Waals surface area contributed by atoms with Crippen molar-refractivity contribution < 1.29 is 4.79 Å². The lowest BCUT2D eigenvalue weighted by Gasteiger charge is -2.03. The van der Waals surface area contributed by atoms with Crippen LogP contribution in [0.2, 0.25) is 0 Å². The van der Waals surface area contributed by atoms with Crippen LogP contribution in [0.25, 0.3) is 0 Å². The van der Waals surface area contributed by atoms with Gasteiger partial charge in [-0.25, -0.2) is 5.84 Å². The van der Waals surface area contributed by atoms with Crippen LogP contribution in [0.5, 0.6) is 0 Å². The number of hydrazine groups is 1. The van der Waals surface area contributed by atoms with Crippen molar-refractivity contribution in [2.75, 3.05) is 0 Å². The minimum absolute atomic E-state index is 0.0233. The quantitative estimate of drug-likeness (QED) is 0.420. The molecule has 0 saturated carbocycles. The predicted molar refractivity (Wildman–Crippen MR) is 55.0 cm³/mol. The van der Waals surface area contributed by atoms with Crippen LogP contribution in [0, 0.1) is 13.8 Å². The van der Waals surface area contributed by atoms with Crippen molar-refractivity contribution in [1.29, 1.82) is 0 Å². The molecular weight excluding hydrogens is 202 g/mol. The molecular formula is C8H13N3O2S. The molecule has 0 aliphatic rings. The average molecular weight is 215 g/mol. The highest BCUT2D eigenvalue weighted by Gasteiger charge is 2.08. The number of hydrogen-bond donors (Lipinski definition) is 2. The van der Waals surface area contributed by atoms with Gasteiger partial charge in [-0.05, 0) is 13.8 Å². The number of carbonyl (C=O) groups excluding carboxylic acids is 1. The molecule has 0 radical (unpaired) electrons. The van der Waals surface area contributed by atoms with E-state index in [1.165, 1.54) is 11.3 Å². The molecule has 0 unspecified atom stereocenters. The van der Waals surface area contributed by atoms with Gasteiger partial charge >= 0.3 is 4.87 Å². The SMILES string of the molecule is Cc1sc(=O)n(CCC(=O)NN)c1C. The van der Waals surface area contributed by atoms with Crippen LogP contribution < -0.4 is 16.1 Å². The van der Waals surface area contributed by atoms with Crippen molar-refractivity contribution in [1.82, 2.24) is 9.99 Å². The number of thiazole rings is 1. The molecule has 1 heterocycles. The molecule has 3 N–H and O–H groups in total. The van der Waals surface area contributed by atoms with E-state index in [1.807, 2.05) is 19.3 Å². The summed E-state index contributed by atoms with van der Waals surface area (Å²) in [6, 6.07) is 0. The summed E-state index contributed by atoms with van der Waals surface area (Å²) >= 11 is 1.20. The fraction of sp³-hybridized carbons (Fsp3) is 0.500. The van der Waals surface area contributed by atoms with Gasteiger partial charge in [0, 0.05) is 23.5 Å². The summed E-state index contributed by atoms with van der Waals surface area (Å²) in [5.74, 6) is 4.67. The lowest BCUT2D eigenvalue weighted by atomic mass is 10.3. The van der Waals surface area contributed by atoms with E-state index in [1.54, 1.807) is 4.57 Å². The number of nitrogens with one attached hydrogen (secondary N) is 1. The number of amides is 1. The van der Waals surface area contributed by atoms with Gasteiger partial charge in [-0.3, -0.25) is 15.0 Å². The Morgan fingerprint density at radius 1 is 1.57 bits per heavy atom. The Morgan fingerprint density at radius 3 is 2.64 bits per heavy atom. The van der Waals surface area contributed by atoms with Crippen LogP contribution in [0.3, 0.4) is 0 Å². The van der Waals surface area contributed by atoms with Crippen LogP contribution in [0.4, 0.5) is 0 Å². The highest BCUT2D eigenvalue weighted by Crippen LogP contribution is 2.09. The molecule has 0 aliphatic carbocycles. The van der Waals surface area contributed by atoms with E-state index in [4.69, 9.17) is 5.84 Å². The van der Waals surface area contributed by atoms with E-state index in [2.05, 4.69) is 0 Å². The zero-order valence-electron chi connectivity index (χ0n) is 8.16.